The number of aromatic hydroxyl groups is 1. The first-order valence-corrected chi connectivity index (χ1v) is 5.75. The van der Waals surface area contributed by atoms with Gasteiger partial charge in [0, 0.05) is 11.6 Å². The van der Waals surface area contributed by atoms with E-state index < -0.39 is 12.0 Å². The van der Waals surface area contributed by atoms with Gasteiger partial charge in [-0.1, -0.05) is 19.9 Å². The summed E-state index contributed by atoms with van der Waals surface area (Å²) in [6.45, 7) is 3.91. The zero-order valence-electron chi connectivity index (χ0n) is 10.8. The van der Waals surface area contributed by atoms with Crippen LogP contribution in [0.2, 0.25) is 0 Å². The van der Waals surface area contributed by atoms with Crippen LogP contribution in [0.25, 0.3) is 0 Å². The van der Waals surface area contributed by atoms with Crippen LogP contribution in [-0.2, 0) is 4.79 Å². The maximum atomic E-state index is 10.7. The summed E-state index contributed by atoms with van der Waals surface area (Å²) in [6.07, 6.45) is -0.236. The Bertz CT molecular complexity index is 443. The van der Waals surface area contributed by atoms with Gasteiger partial charge in [-0.2, -0.15) is 0 Å². The van der Waals surface area contributed by atoms with Gasteiger partial charge in [0.15, 0.2) is 11.5 Å². The van der Waals surface area contributed by atoms with Gasteiger partial charge in [0.05, 0.1) is 13.5 Å². The van der Waals surface area contributed by atoms with Crippen LogP contribution in [0.15, 0.2) is 12.1 Å². The van der Waals surface area contributed by atoms with E-state index >= 15 is 0 Å². The molecule has 0 aromatic heterocycles. The Morgan fingerprint density at radius 2 is 2.06 bits per heavy atom. The molecule has 0 saturated carbocycles. The number of methoxy groups -OCH3 is 1. The van der Waals surface area contributed by atoms with E-state index in [4.69, 9.17) is 15.6 Å². The van der Waals surface area contributed by atoms with E-state index in [9.17, 15) is 9.90 Å². The molecule has 1 aromatic rings. The second kappa shape index (κ2) is 5.73. The Labute approximate surface area is 106 Å². The molecule has 0 aliphatic heterocycles. The first-order valence-electron chi connectivity index (χ1n) is 5.75. The van der Waals surface area contributed by atoms with Gasteiger partial charge >= 0.3 is 5.97 Å². The number of carboxylic acids is 1. The predicted octanol–water partition coefficient (Wildman–Crippen LogP) is 2.00. The number of aliphatic carboxylic acids is 1. The van der Waals surface area contributed by atoms with E-state index in [1.807, 2.05) is 13.8 Å². The fraction of sp³-hybridized carbons (Fsp3) is 0.462. The highest BCUT2D eigenvalue weighted by atomic mass is 16.5. The molecule has 5 heteroatoms. The smallest absolute Gasteiger partial charge is 0.305 e. The number of phenols is 1. The van der Waals surface area contributed by atoms with E-state index in [1.165, 1.54) is 7.11 Å². The summed E-state index contributed by atoms with van der Waals surface area (Å²) >= 11 is 0. The number of hydrogen-bond donors (Lipinski definition) is 3. The van der Waals surface area contributed by atoms with E-state index in [2.05, 4.69) is 0 Å². The highest BCUT2D eigenvalue weighted by Gasteiger charge is 2.22. The zero-order chi connectivity index (χ0) is 13.9. The van der Waals surface area contributed by atoms with Crippen LogP contribution < -0.4 is 10.5 Å². The minimum absolute atomic E-state index is 0.0718. The molecule has 1 aromatic carbocycles. The normalized spacial score (nSPS) is 12.5. The molecule has 0 aliphatic carbocycles. The number of carboxylic acid groups (broad SMARTS) is 1. The molecule has 100 valence electrons. The third-order valence-corrected chi connectivity index (χ3v) is 2.82. The maximum absolute atomic E-state index is 10.7. The largest absolute Gasteiger partial charge is 0.504 e. The fourth-order valence-corrected chi connectivity index (χ4v) is 1.95. The van der Waals surface area contributed by atoms with Crippen molar-refractivity contribution in [1.82, 2.24) is 0 Å². The summed E-state index contributed by atoms with van der Waals surface area (Å²) < 4.78 is 5.02. The number of carbonyl (C=O) groups is 1. The molecule has 0 heterocycles. The molecular formula is C13H19NO4. The van der Waals surface area contributed by atoms with Crippen LogP contribution in [-0.4, -0.2) is 23.3 Å². The van der Waals surface area contributed by atoms with Crippen LogP contribution in [0.4, 0.5) is 0 Å². The average Bonchev–Trinajstić information content (AvgIpc) is 2.27. The molecule has 0 radical (unpaired) electrons. The van der Waals surface area contributed by atoms with Gasteiger partial charge in [0.25, 0.3) is 0 Å². The SMILES string of the molecule is COc1ccc(C(C)C)c(C(N)CC(=O)O)c1O. The molecule has 0 saturated heterocycles. The molecule has 1 rings (SSSR count). The summed E-state index contributed by atoms with van der Waals surface area (Å²) in [4.78, 5) is 10.7. The Hall–Kier alpha value is -1.75. The Morgan fingerprint density at radius 1 is 1.44 bits per heavy atom. The lowest BCUT2D eigenvalue weighted by Gasteiger charge is -2.20. The molecule has 0 fully saturated rings. The first kappa shape index (κ1) is 14.3. The summed E-state index contributed by atoms with van der Waals surface area (Å²) in [5.41, 5.74) is 7.15. The molecule has 0 aliphatic rings. The van der Waals surface area contributed by atoms with E-state index in [-0.39, 0.29) is 18.1 Å². The van der Waals surface area contributed by atoms with Gasteiger partial charge in [-0.3, -0.25) is 4.79 Å². The molecule has 0 amide bonds. The summed E-state index contributed by atoms with van der Waals surface area (Å²) in [7, 11) is 1.44. The molecule has 4 N–H and O–H groups in total. The highest BCUT2D eigenvalue weighted by molar-refractivity contribution is 5.68. The van der Waals surface area contributed by atoms with E-state index in [0.29, 0.717) is 11.3 Å². The second-order valence-corrected chi connectivity index (χ2v) is 4.48. The van der Waals surface area contributed by atoms with Crippen molar-refractivity contribution < 1.29 is 19.7 Å². The van der Waals surface area contributed by atoms with Crippen molar-refractivity contribution >= 4 is 5.97 Å². The van der Waals surface area contributed by atoms with Crippen LogP contribution >= 0.6 is 0 Å². The number of nitrogens with two attached hydrogens (primary N) is 1. The number of rotatable bonds is 5. The quantitative estimate of drug-likeness (QED) is 0.746. The van der Waals surface area contributed by atoms with Gasteiger partial charge < -0.3 is 20.7 Å². The molecule has 1 atom stereocenters. The van der Waals surface area contributed by atoms with Crippen LogP contribution in [0.1, 0.15) is 43.4 Å². The zero-order valence-corrected chi connectivity index (χ0v) is 10.8. The van der Waals surface area contributed by atoms with Gasteiger partial charge in [0.1, 0.15) is 0 Å². The van der Waals surface area contributed by atoms with Crippen LogP contribution in [0.5, 0.6) is 11.5 Å². The van der Waals surface area contributed by atoms with Crippen molar-refractivity contribution in [2.45, 2.75) is 32.2 Å². The number of hydrogen-bond acceptors (Lipinski definition) is 4. The molecule has 18 heavy (non-hydrogen) atoms. The Kier molecular flexibility index (Phi) is 4.55. The van der Waals surface area contributed by atoms with Crippen LogP contribution in [0.3, 0.4) is 0 Å². The Morgan fingerprint density at radius 3 is 2.50 bits per heavy atom. The molecule has 1 unspecified atom stereocenters. The van der Waals surface area contributed by atoms with E-state index in [1.54, 1.807) is 12.1 Å². The molecule has 0 spiro atoms. The topological polar surface area (TPSA) is 92.8 Å². The van der Waals surface area contributed by atoms with Gasteiger partial charge in [0.2, 0.25) is 0 Å². The summed E-state index contributed by atoms with van der Waals surface area (Å²) in [5, 5.41) is 18.9. The average molecular weight is 253 g/mol. The maximum Gasteiger partial charge on any atom is 0.305 e. The van der Waals surface area contributed by atoms with Gasteiger partial charge in [-0.25, -0.2) is 0 Å². The molecule has 0 bridgehead atoms. The van der Waals surface area contributed by atoms with Crippen molar-refractivity contribution in [3.63, 3.8) is 0 Å². The van der Waals surface area contributed by atoms with Gasteiger partial charge in [-0.05, 0) is 17.5 Å². The minimum atomic E-state index is -1.00. The Balaban J connectivity index is 3.31. The monoisotopic (exact) mass is 253 g/mol. The summed E-state index contributed by atoms with van der Waals surface area (Å²) in [6, 6.07) is 2.71. The lowest BCUT2D eigenvalue weighted by atomic mass is 9.90. The second-order valence-electron chi connectivity index (χ2n) is 4.48. The van der Waals surface area contributed by atoms with Gasteiger partial charge in [-0.15, -0.1) is 0 Å². The molecule has 5 nitrogen and oxygen atoms in total. The first-order chi connectivity index (χ1) is 8.38. The third kappa shape index (κ3) is 2.92. The van der Waals surface area contributed by atoms with Crippen molar-refractivity contribution in [3.8, 4) is 11.5 Å². The third-order valence-electron chi connectivity index (χ3n) is 2.82. The predicted molar refractivity (Wildman–Crippen MR) is 67.9 cm³/mol. The lowest BCUT2D eigenvalue weighted by Crippen LogP contribution is -2.17. The highest BCUT2D eigenvalue weighted by Crippen LogP contribution is 2.39. The number of ether oxygens (including phenoxy) is 1. The number of benzene rings is 1. The standard InChI is InChI=1S/C13H19NO4/c1-7(2)8-4-5-10(18-3)13(17)12(8)9(14)6-11(15)16/h4-5,7,9,17H,6,14H2,1-3H3,(H,15,16). The van der Waals surface area contributed by atoms with Crippen molar-refractivity contribution in [1.29, 1.82) is 0 Å². The van der Waals surface area contributed by atoms with Crippen LogP contribution in [0, 0.1) is 0 Å². The van der Waals surface area contributed by atoms with Crippen molar-refractivity contribution in [2.24, 2.45) is 5.73 Å². The fourth-order valence-electron chi connectivity index (χ4n) is 1.95. The lowest BCUT2D eigenvalue weighted by molar-refractivity contribution is -0.137. The molecular weight excluding hydrogens is 234 g/mol. The minimum Gasteiger partial charge on any atom is -0.504 e. The number of phenolic OH excluding ortho intramolecular Hbond substituents is 1. The van der Waals surface area contributed by atoms with Crippen molar-refractivity contribution in [2.75, 3.05) is 7.11 Å². The summed E-state index contributed by atoms with van der Waals surface area (Å²) in [5.74, 6) is -0.635. The van der Waals surface area contributed by atoms with Crippen molar-refractivity contribution in [3.05, 3.63) is 23.3 Å². The van der Waals surface area contributed by atoms with E-state index in [0.717, 1.165) is 5.56 Å².